The fraction of sp³-hybridized carbons (Fsp3) is 0.500. The van der Waals surface area contributed by atoms with Crippen LogP contribution in [0.1, 0.15) is 5.56 Å². The SMILES string of the molecule is CN(C)CCN1CC(Cc2ccccc2)OC1=O. The lowest BCUT2D eigenvalue weighted by Gasteiger charge is -2.16. The van der Waals surface area contributed by atoms with Crippen LogP contribution in [0.3, 0.4) is 0 Å². The minimum absolute atomic E-state index is 0.0120. The second-order valence-corrected chi connectivity index (χ2v) is 4.94. The number of carbonyl (C=O) groups is 1. The number of benzene rings is 1. The summed E-state index contributed by atoms with van der Waals surface area (Å²) in [5.41, 5.74) is 1.21. The summed E-state index contributed by atoms with van der Waals surface area (Å²) in [6.07, 6.45) is 0.602. The molecule has 1 heterocycles. The maximum Gasteiger partial charge on any atom is 0.410 e. The Bertz CT molecular complexity index is 392. The number of rotatable bonds is 5. The summed E-state index contributed by atoms with van der Waals surface area (Å²) in [4.78, 5) is 15.5. The van der Waals surface area contributed by atoms with Crippen molar-refractivity contribution >= 4 is 6.09 Å². The van der Waals surface area contributed by atoms with Gasteiger partial charge < -0.3 is 14.5 Å². The molecule has 4 heteroatoms. The number of carbonyl (C=O) groups excluding carboxylic acids is 1. The molecule has 1 aliphatic rings. The van der Waals surface area contributed by atoms with Gasteiger partial charge >= 0.3 is 6.09 Å². The number of ether oxygens (including phenoxy) is 1. The predicted molar refractivity (Wildman–Crippen MR) is 70.5 cm³/mol. The Kier molecular flexibility index (Phi) is 4.20. The summed E-state index contributed by atoms with van der Waals surface area (Å²) in [6, 6.07) is 10.1. The molecule has 0 N–H and O–H groups in total. The van der Waals surface area contributed by atoms with E-state index in [-0.39, 0.29) is 12.2 Å². The molecule has 4 nitrogen and oxygen atoms in total. The van der Waals surface area contributed by atoms with E-state index in [1.807, 2.05) is 32.3 Å². The van der Waals surface area contributed by atoms with Gasteiger partial charge in [0.25, 0.3) is 0 Å². The first kappa shape index (κ1) is 12.9. The van der Waals surface area contributed by atoms with Crippen LogP contribution in [0.4, 0.5) is 4.79 Å². The molecule has 2 rings (SSSR count). The van der Waals surface area contributed by atoms with E-state index in [2.05, 4.69) is 17.0 Å². The second kappa shape index (κ2) is 5.87. The van der Waals surface area contributed by atoms with E-state index in [1.54, 1.807) is 4.90 Å². The average Bonchev–Trinajstić information content (AvgIpc) is 2.68. The summed E-state index contributed by atoms with van der Waals surface area (Å²) >= 11 is 0. The van der Waals surface area contributed by atoms with Crippen LogP contribution < -0.4 is 0 Å². The lowest BCUT2D eigenvalue weighted by molar-refractivity contribution is 0.131. The number of likely N-dealkylation sites (N-methyl/N-ethyl adjacent to an activating group) is 1. The van der Waals surface area contributed by atoms with Crippen LogP contribution in [0, 0.1) is 0 Å². The second-order valence-electron chi connectivity index (χ2n) is 4.94. The van der Waals surface area contributed by atoms with Gasteiger partial charge in [-0.25, -0.2) is 4.79 Å². The highest BCUT2D eigenvalue weighted by molar-refractivity contribution is 5.69. The zero-order chi connectivity index (χ0) is 13.0. The van der Waals surface area contributed by atoms with Crippen LogP contribution in [0.25, 0.3) is 0 Å². The molecular formula is C14H20N2O2. The Balaban J connectivity index is 1.85. The number of hydrogen-bond acceptors (Lipinski definition) is 3. The van der Waals surface area contributed by atoms with Crippen molar-refractivity contribution in [3.63, 3.8) is 0 Å². The first-order valence-corrected chi connectivity index (χ1v) is 6.29. The monoisotopic (exact) mass is 248 g/mol. The van der Waals surface area contributed by atoms with Crippen LogP contribution in [0.5, 0.6) is 0 Å². The van der Waals surface area contributed by atoms with E-state index >= 15 is 0 Å². The highest BCUT2D eigenvalue weighted by atomic mass is 16.6. The van der Waals surface area contributed by atoms with Crippen LogP contribution in [0.2, 0.25) is 0 Å². The topological polar surface area (TPSA) is 32.8 Å². The summed E-state index contributed by atoms with van der Waals surface area (Å²) in [5, 5.41) is 0. The number of amides is 1. The van der Waals surface area contributed by atoms with Crippen molar-refractivity contribution in [2.24, 2.45) is 0 Å². The van der Waals surface area contributed by atoms with Crippen LogP contribution in [-0.4, -0.2) is 55.7 Å². The van der Waals surface area contributed by atoms with E-state index in [4.69, 9.17) is 4.74 Å². The zero-order valence-corrected chi connectivity index (χ0v) is 11.0. The molecule has 1 saturated heterocycles. The third kappa shape index (κ3) is 3.47. The van der Waals surface area contributed by atoms with Crippen LogP contribution in [0.15, 0.2) is 30.3 Å². The lowest BCUT2D eigenvalue weighted by Crippen LogP contribution is -2.32. The maximum absolute atomic E-state index is 11.7. The Hall–Kier alpha value is -1.55. The third-order valence-electron chi connectivity index (χ3n) is 3.07. The first-order valence-electron chi connectivity index (χ1n) is 6.29. The van der Waals surface area contributed by atoms with E-state index in [0.717, 1.165) is 19.5 Å². The third-order valence-corrected chi connectivity index (χ3v) is 3.07. The van der Waals surface area contributed by atoms with Gasteiger partial charge in [-0.1, -0.05) is 30.3 Å². The Morgan fingerprint density at radius 1 is 1.33 bits per heavy atom. The molecule has 1 amide bonds. The van der Waals surface area contributed by atoms with Gasteiger partial charge in [-0.15, -0.1) is 0 Å². The van der Waals surface area contributed by atoms with Crippen molar-refractivity contribution in [2.75, 3.05) is 33.7 Å². The summed E-state index contributed by atoms with van der Waals surface area (Å²) in [7, 11) is 4.01. The standard InChI is InChI=1S/C14H20N2O2/c1-15(2)8-9-16-11-13(18-14(16)17)10-12-6-4-3-5-7-12/h3-7,13H,8-11H2,1-2H3. The molecule has 0 spiro atoms. The van der Waals surface area contributed by atoms with Gasteiger partial charge in [0.05, 0.1) is 6.54 Å². The molecule has 0 aliphatic carbocycles. The molecule has 1 atom stereocenters. The van der Waals surface area contributed by atoms with Gasteiger partial charge in [0.1, 0.15) is 6.10 Å². The molecule has 1 aliphatic heterocycles. The van der Waals surface area contributed by atoms with Crippen molar-refractivity contribution in [1.82, 2.24) is 9.80 Å². The molecule has 0 saturated carbocycles. The number of hydrogen-bond donors (Lipinski definition) is 0. The summed E-state index contributed by atoms with van der Waals surface area (Å²) < 4.78 is 5.38. The molecule has 1 aromatic rings. The fourth-order valence-electron chi connectivity index (χ4n) is 2.06. The molecule has 1 aromatic carbocycles. The zero-order valence-electron chi connectivity index (χ0n) is 11.0. The van der Waals surface area contributed by atoms with Gasteiger partial charge in [0.15, 0.2) is 0 Å². The Morgan fingerprint density at radius 3 is 2.72 bits per heavy atom. The highest BCUT2D eigenvalue weighted by Crippen LogP contribution is 2.15. The van der Waals surface area contributed by atoms with E-state index in [9.17, 15) is 4.79 Å². The van der Waals surface area contributed by atoms with Crippen molar-refractivity contribution in [3.05, 3.63) is 35.9 Å². The molecular weight excluding hydrogens is 228 g/mol. The first-order chi connectivity index (χ1) is 8.65. The number of nitrogens with zero attached hydrogens (tertiary/aromatic N) is 2. The normalized spacial score (nSPS) is 19.4. The fourth-order valence-corrected chi connectivity index (χ4v) is 2.06. The quantitative estimate of drug-likeness (QED) is 0.793. The van der Waals surface area contributed by atoms with Crippen molar-refractivity contribution in [1.29, 1.82) is 0 Å². The van der Waals surface area contributed by atoms with Gasteiger partial charge in [0, 0.05) is 19.5 Å². The molecule has 18 heavy (non-hydrogen) atoms. The maximum atomic E-state index is 11.7. The van der Waals surface area contributed by atoms with E-state index in [0.29, 0.717) is 6.54 Å². The minimum Gasteiger partial charge on any atom is -0.444 e. The molecule has 0 aromatic heterocycles. The predicted octanol–water partition coefficient (Wildman–Crippen LogP) is 1.61. The Morgan fingerprint density at radius 2 is 2.06 bits per heavy atom. The lowest BCUT2D eigenvalue weighted by atomic mass is 10.1. The molecule has 1 unspecified atom stereocenters. The number of cyclic esters (lactones) is 1. The smallest absolute Gasteiger partial charge is 0.410 e. The molecule has 98 valence electrons. The Labute approximate surface area is 108 Å². The van der Waals surface area contributed by atoms with Crippen LogP contribution >= 0.6 is 0 Å². The molecule has 0 bridgehead atoms. The van der Waals surface area contributed by atoms with Gasteiger partial charge in [-0.3, -0.25) is 0 Å². The minimum atomic E-state index is -0.183. The van der Waals surface area contributed by atoms with Crippen molar-refractivity contribution < 1.29 is 9.53 Å². The van der Waals surface area contributed by atoms with E-state index in [1.165, 1.54) is 5.56 Å². The summed E-state index contributed by atoms with van der Waals surface area (Å²) in [6.45, 7) is 2.30. The largest absolute Gasteiger partial charge is 0.444 e. The van der Waals surface area contributed by atoms with Crippen molar-refractivity contribution in [2.45, 2.75) is 12.5 Å². The highest BCUT2D eigenvalue weighted by Gasteiger charge is 2.30. The van der Waals surface area contributed by atoms with E-state index < -0.39 is 0 Å². The molecule has 1 fully saturated rings. The van der Waals surface area contributed by atoms with Gasteiger partial charge in [-0.2, -0.15) is 0 Å². The molecule has 0 radical (unpaired) electrons. The van der Waals surface area contributed by atoms with Crippen LogP contribution in [-0.2, 0) is 11.2 Å². The summed E-state index contributed by atoms with van der Waals surface area (Å²) in [5.74, 6) is 0. The van der Waals surface area contributed by atoms with Crippen molar-refractivity contribution in [3.8, 4) is 0 Å². The van der Waals surface area contributed by atoms with Gasteiger partial charge in [-0.05, 0) is 19.7 Å². The average molecular weight is 248 g/mol. The van der Waals surface area contributed by atoms with Gasteiger partial charge in [0.2, 0.25) is 0 Å².